The van der Waals surface area contributed by atoms with Gasteiger partial charge in [-0.05, 0) is 18.6 Å². The van der Waals surface area contributed by atoms with Crippen LogP contribution < -0.4 is 5.32 Å². The highest BCUT2D eigenvalue weighted by Gasteiger charge is 2.23. The molecule has 1 amide bonds. The first-order valence-electron chi connectivity index (χ1n) is 5.15. The molecule has 7 heteroatoms. The highest BCUT2D eigenvalue weighted by molar-refractivity contribution is 5.92. The van der Waals surface area contributed by atoms with Gasteiger partial charge >= 0.3 is 12.1 Å². The third kappa shape index (κ3) is 3.27. The minimum Gasteiger partial charge on any atom is -0.477 e. The molecule has 0 bridgehead atoms. The molecule has 2 N–H and O–H groups in total. The number of rotatable bonds is 4. The number of ether oxygens (including phenoxy) is 1. The van der Waals surface area contributed by atoms with Crippen LogP contribution in [0.3, 0.4) is 0 Å². The molecule has 0 saturated carbocycles. The van der Waals surface area contributed by atoms with Gasteiger partial charge in [0, 0.05) is 0 Å². The zero-order valence-electron chi connectivity index (χ0n) is 10.00. The van der Waals surface area contributed by atoms with Crippen LogP contribution in [0, 0.1) is 18.6 Å². The molecule has 0 unspecified atom stereocenters. The van der Waals surface area contributed by atoms with Crippen LogP contribution in [0.4, 0.5) is 19.3 Å². The number of carboxylic acids is 1. The highest BCUT2D eigenvalue weighted by atomic mass is 19.1. The molecule has 0 aliphatic carbocycles. The van der Waals surface area contributed by atoms with Gasteiger partial charge in [0.05, 0.1) is 5.69 Å². The van der Waals surface area contributed by atoms with Gasteiger partial charge in [0.2, 0.25) is 0 Å². The zero-order chi connectivity index (χ0) is 14.6. The Labute approximate surface area is 107 Å². The van der Waals surface area contributed by atoms with Crippen LogP contribution in [0.25, 0.3) is 0 Å². The van der Waals surface area contributed by atoms with Crippen molar-refractivity contribution in [3.8, 4) is 0 Å². The van der Waals surface area contributed by atoms with E-state index in [4.69, 9.17) is 5.11 Å². The minimum atomic E-state index is -1.76. The second-order valence-electron chi connectivity index (χ2n) is 3.56. The lowest BCUT2D eigenvalue weighted by Gasteiger charge is -2.10. The largest absolute Gasteiger partial charge is 0.477 e. The molecule has 0 heterocycles. The average molecular weight is 271 g/mol. The molecule has 0 atom stereocenters. The minimum absolute atomic E-state index is 0.0978. The number of hydrogen-bond acceptors (Lipinski definition) is 3. The van der Waals surface area contributed by atoms with E-state index in [0.29, 0.717) is 0 Å². The van der Waals surface area contributed by atoms with Crippen LogP contribution in [0.1, 0.15) is 15.9 Å². The molecule has 0 aliphatic rings. The van der Waals surface area contributed by atoms with E-state index < -0.39 is 34.9 Å². The van der Waals surface area contributed by atoms with Gasteiger partial charge in [-0.15, -0.1) is 0 Å². The molecule has 1 aromatic carbocycles. The maximum Gasteiger partial charge on any atom is 0.412 e. The molecule has 19 heavy (non-hydrogen) atoms. The zero-order valence-corrected chi connectivity index (χ0v) is 10.00. The number of aryl methyl sites for hydroxylation is 1. The monoisotopic (exact) mass is 271 g/mol. The van der Waals surface area contributed by atoms with Crippen molar-refractivity contribution in [2.75, 3.05) is 11.9 Å². The Morgan fingerprint density at radius 3 is 2.63 bits per heavy atom. The number of nitrogens with one attached hydrogen (secondary N) is 1. The number of carbonyl (C=O) groups excluding carboxylic acids is 1. The van der Waals surface area contributed by atoms with E-state index in [2.05, 4.69) is 11.3 Å². The van der Waals surface area contributed by atoms with E-state index >= 15 is 0 Å². The van der Waals surface area contributed by atoms with Crippen molar-refractivity contribution < 1.29 is 28.2 Å². The maximum absolute atomic E-state index is 13.7. The topological polar surface area (TPSA) is 75.6 Å². The third-order valence-electron chi connectivity index (χ3n) is 2.17. The maximum atomic E-state index is 13.7. The molecule has 0 saturated heterocycles. The van der Waals surface area contributed by atoms with Gasteiger partial charge < -0.3 is 9.84 Å². The first kappa shape index (κ1) is 14.6. The van der Waals surface area contributed by atoms with Gasteiger partial charge in [-0.2, -0.15) is 0 Å². The average Bonchev–Trinajstić information content (AvgIpc) is 2.33. The summed E-state index contributed by atoms with van der Waals surface area (Å²) in [5, 5.41) is 10.7. The Bertz CT molecular complexity index is 543. The van der Waals surface area contributed by atoms with Crippen LogP contribution in [-0.2, 0) is 4.74 Å². The molecule has 0 aromatic heterocycles. The quantitative estimate of drug-likeness (QED) is 0.825. The fourth-order valence-corrected chi connectivity index (χ4v) is 1.33. The van der Waals surface area contributed by atoms with Crippen molar-refractivity contribution in [2.45, 2.75) is 6.92 Å². The number of carbonyl (C=O) groups is 2. The smallest absolute Gasteiger partial charge is 0.412 e. The molecular formula is C12H11F2NO4. The van der Waals surface area contributed by atoms with E-state index in [-0.39, 0.29) is 12.2 Å². The highest BCUT2D eigenvalue weighted by Crippen LogP contribution is 2.24. The lowest BCUT2D eigenvalue weighted by Crippen LogP contribution is -2.17. The molecule has 102 valence electrons. The number of benzene rings is 1. The van der Waals surface area contributed by atoms with Crippen molar-refractivity contribution in [3.05, 3.63) is 41.5 Å². The van der Waals surface area contributed by atoms with Crippen LogP contribution in [0.2, 0.25) is 0 Å². The summed E-state index contributed by atoms with van der Waals surface area (Å²) < 4.78 is 31.7. The predicted octanol–water partition coefficient (Wildman–Crippen LogP) is 2.71. The van der Waals surface area contributed by atoms with Crippen LogP contribution >= 0.6 is 0 Å². The van der Waals surface area contributed by atoms with E-state index in [1.54, 1.807) is 0 Å². The standard InChI is InChI=1S/C12H11F2NO4/c1-3-4-19-12(18)15-7-5-6(2)9(13)8(10(7)14)11(16)17/h3,5H,1,4H2,2H3,(H,15,18)(H,16,17). The molecule has 5 nitrogen and oxygen atoms in total. The number of halogens is 2. The summed E-state index contributed by atoms with van der Waals surface area (Å²) in [5.41, 5.74) is -1.71. The Kier molecular flexibility index (Phi) is 4.57. The fourth-order valence-electron chi connectivity index (χ4n) is 1.33. The van der Waals surface area contributed by atoms with E-state index in [9.17, 15) is 18.4 Å². The van der Waals surface area contributed by atoms with Crippen LogP contribution in [0.15, 0.2) is 18.7 Å². The number of hydrogen-bond donors (Lipinski definition) is 2. The van der Waals surface area contributed by atoms with Gasteiger partial charge in [0.1, 0.15) is 18.0 Å². The molecule has 0 radical (unpaired) electrons. The second-order valence-corrected chi connectivity index (χ2v) is 3.56. The van der Waals surface area contributed by atoms with Gasteiger partial charge in [-0.1, -0.05) is 12.7 Å². The van der Waals surface area contributed by atoms with Gasteiger partial charge in [0.25, 0.3) is 0 Å². The first-order valence-corrected chi connectivity index (χ1v) is 5.15. The molecule has 1 aromatic rings. The van der Waals surface area contributed by atoms with Gasteiger partial charge in [0.15, 0.2) is 5.82 Å². The summed E-state index contributed by atoms with van der Waals surface area (Å²) in [6.07, 6.45) is 0.301. The lowest BCUT2D eigenvalue weighted by molar-refractivity contribution is 0.0686. The van der Waals surface area contributed by atoms with E-state index in [0.717, 1.165) is 6.07 Å². The summed E-state index contributed by atoms with van der Waals surface area (Å²) >= 11 is 0. The lowest BCUT2D eigenvalue weighted by atomic mass is 10.1. The predicted molar refractivity (Wildman–Crippen MR) is 63.2 cm³/mol. The third-order valence-corrected chi connectivity index (χ3v) is 2.17. The Balaban J connectivity index is 3.12. The van der Waals surface area contributed by atoms with Crippen molar-refractivity contribution in [1.82, 2.24) is 0 Å². The summed E-state index contributed by atoms with van der Waals surface area (Å²) in [6, 6.07) is 0.978. The van der Waals surface area contributed by atoms with Crippen molar-refractivity contribution in [3.63, 3.8) is 0 Å². The number of anilines is 1. The molecule has 0 fully saturated rings. The van der Waals surface area contributed by atoms with Crippen molar-refractivity contribution in [2.24, 2.45) is 0 Å². The summed E-state index contributed by atoms with van der Waals surface area (Å²) in [5.74, 6) is -4.32. The number of carboxylic acid groups (broad SMARTS) is 1. The summed E-state index contributed by atoms with van der Waals surface area (Å²) in [7, 11) is 0. The first-order chi connectivity index (χ1) is 8.88. The Hall–Kier alpha value is -2.44. The Morgan fingerprint density at radius 1 is 1.47 bits per heavy atom. The summed E-state index contributed by atoms with van der Waals surface area (Å²) in [4.78, 5) is 22.0. The summed E-state index contributed by atoms with van der Waals surface area (Å²) in [6.45, 7) is 4.47. The van der Waals surface area contributed by atoms with E-state index in [1.807, 2.05) is 5.32 Å². The molecule has 0 spiro atoms. The fraction of sp³-hybridized carbons (Fsp3) is 0.167. The molecule has 1 rings (SSSR count). The van der Waals surface area contributed by atoms with E-state index in [1.165, 1.54) is 13.0 Å². The van der Waals surface area contributed by atoms with Gasteiger partial charge in [-0.25, -0.2) is 18.4 Å². The van der Waals surface area contributed by atoms with Crippen LogP contribution in [-0.4, -0.2) is 23.8 Å². The number of amides is 1. The van der Waals surface area contributed by atoms with Crippen molar-refractivity contribution in [1.29, 1.82) is 0 Å². The Morgan fingerprint density at radius 2 is 2.11 bits per heavy atom. The molecular weight excluding hydrogens is 260 g/mol. The normalized spacial score (nSPS) is 9.84. The second kappa shape index (κ2) is 5.94. The van der Waals surface area contributed by atoms with Gasteiger partial charge in [-0.3, -0.25) is 5.32 Å². The number of aromatic carboxylic acids is 1. The van der Waals surface area contributed by atoms with Crippen molar-refractivity contribution >= 4 is 17.7 Å². The van der Waals surface area contributed by atoms with Crippen LogP contribution in [0.5, 0.6) is 0 Å². The SMILES string of the molecule is C=CCOC(=O)Nc1cc(C)c(F)c(C(=O)O)c1F. The molecule has 0 aliphatic heterocycles.